The topological polar surface area (TPSA) is 78.9 Å². The maximum Gasteiger partial charge on any atom is 0.306 e. The molecule has 0 N–H and O–H groups in total. The van der Waals surface area contributed by atoms with Crippen LogP contribution in [-0.4, -0.2) is 37.2 Å². The van der Waals surface area contributed by atoms with E-state index >= 15 is 0 Å². The number of rotatable bonds is 50. The van der Waals surface area contributed by atoms with E-state index in [4.69, 9.17) is 14.2 Å². The highest BCUT2D eigenvalue weighted by Crippen LogP contribution is 2.17. The van der Waals surface area contributed by atoms with Crippen molar-refractivity contribution in [1.29, 1.82) is 0 Å². The molecule has 0 aliphatic carbocycles. The third-order valence-corrected chi connectivity index (χ3v) is 12.5. The first-order valence-corrected chi connectivity index (χ1v) is 27.4. The SMILES string of the molecule is CCCCCCCCCCCCCCCCCCCCC(=O)O[C@@H](COC(=O)CCCCCCCCCCCCCCC)COC(=O)CCCCCCCCCCCC(C)C. The summed E-state index contributed by atoms with van der Waals surface area (Å²) in [6.07, 6.45) is 52.3. The fourth-order valence-corrected chi connectivity index (χ4v) is 8.39. The van der Waals surface area contributed by atoms with Crippen molar-refractivity contribution < 1.29 is 28.6 Å². The first-order valence-electron chi connectivity index (χ1n) is 27.4. The molecule has 0 unspecified atom stereocenters. The van der Waals surface area contributed by atoms with Crippen molar-refractivity contribution in [2.24, 2.45) is 5.92 Å². The second-order valence-corrected chi connectivity index (χ2v) is 19.3. The Morgan fingerprint density at radius 2 is 0.541 bits per heavy atom. The Hall–Kier alpha value is -1.59. The number of unbranched alkanes of at least 4 members (excludes halogenated alkanes) is 37. The molecule has 0 aromatic heterocycles. The summed E-state index contributed by atoms with van der Waals surface area (Å²) in [4.78, 5) is 38.0. The maximum absolute atomic E-state index is 12.8. The van der Waals surface area contributed by atoms with Crippen molar-refractivity contribution in [1.82, 2.24) is 0 Å². The van der Waals surface area contributed by atoms with Gasteiger partial charge in [-0.25, -0.2) is 0 Å². The standard InChI is InChI=1S/C55H106O6/c1-5-7-9-11-13-15-17-19-20-21-22-23-25-27-31-36-40-44-48-55(58)61-52(50-60-54(57)47-43-39-35-32-28-29-33-37-41-45-51(3)4)49-59-53(56)46-42-38-34-30-26-24-18-16-14-12-10-8-6-2/h51-52H,5-50H2,1-4H3/t52-/m0/s1. The fourth-order valence-electron chi connectivity index (χ4n) is 8.39. The fraction of sp³-hybridized carbons (Fsp3) is 0.945. The number of esters is 3. The van der Waals surface area contributed by atoms with E-state index in [1.54, 1.807) is 0 Å². The average molecular weight is 863 g/mol. The minimum atomic E-state index is -0.761. The molecule has 6 nitrogen and oxygen atoms in total. The van der Waals surface area contributed by atoms with Crippen LogP contribution in [0.3, 0.4) is 0 Å². The monoisotopic (exact) mass is 863 g/mol. The van der Waals surface area contributed by atoms with Gasteiger partial charge in [-0.3, -0.25) is 14.4 Å². The summed E-state index contributed by atoms with van der Waals surface area (Å²) >= 11 is 0. The van der Waals surface area contributed by atoms with E-state index in [1.165, 1.54) is 205 Å². The molecule has 1 atom stereocenters. The van der Waals surface area contributed by atoms with Gasteiger partial charge >= 0.3 is 17.9 Å². The molecule has 61 heavy (non-hydrogen) atoms. The van der Waals surface area contributed by atoms with Crippen LogP contribution in [0.4, 0.5) is 0 Å². The summed E-state index contributed by atoms with van der Waals surface area (Å²) in [5.41, 5.74) is 0. The van der Waals surface area contributed by atoms with Gasteiger partial charge < -0.3 is 14.2 Å². The molecule has 0 fully saturated rings. The Balaban J connectivity index is 4.28. The highest BCUT2D eigenvalue weighted by molar-refractivity contribution is 5.71. The molecule has 0 aliphatic heterocycles. The zero-order chi connectivity index (χ0) is 44.5. The molecule has 0 aromatic carbocycles. The summed E-state index contributed by atoms with van der Waals surface area (Å²) in [6.45, 7) is 9.02. The number of carbonyl (C=O) groups is 3. The van der Waals surface area contributed by atoms with Crippen LogP contribution < -0.4 is 0 Å². The van der Waals surface area contributed by atoms with Crippen molar-refractivity contribution in [2.75, 3.05) is 13.2 Å². The predicted molar refractivity (Wildman–Crippen MR) is 261 cm³/mol. The summed E-state index contributed by atoms with van der Waals surface area (Å²) in [5, 5.41) is 0. The van der Waals surface area contributed by atoms with E-state index in [2.05, 4.69) is 27.7 Å². The lowest BCUT2D eigenvalue weighted by Crippen LogP contribution is -2.30. The predicted octanol–water partition coefficient (Wildman–Crippen LogP) is 17.8. The second-order valence-electron chi connectivity index (χ2n) is 19.3. The molecule has 0 saturated heterocycles. The summed E-state index contributed by atoms with van der Waals surface area (Å²) < 4.78 is 16.8. The second kappa shape index (κ2) is 49.4. The van der Waals surface area contributed by atoms with Gasteiger partial charge in [0.15, 0.2) is 6.10 Å². The Morgan fingerprint density at radius 3 is 0.803 bits per heavy atom. The van der Waals surface area contributed by atoms with Gasteiger partial charge in [0.2, 0.25) is 0 Å². The van der Waals surface area contributed by atoms with Gasteiger partial charge in [-0.2, -0.15) is 0 Å². The van der Waals surface area contributed by atoms with Crippen molar-refractivity contribution in [3.63, 3.8) is 0 Å². The van der Waals surface area contributed by atoms with Crippen LogP contribution >= 0.6 is 0 Å². The zero-order valence-electron chi connectivity index (χ0n) is 41.6. The quantitative estimate of drug-likeness (QED) is 0.0344. The highest BCUT2D eigenvalue weighted by atomic mass is 16.6. The summed E-state index contributed by atoms with van der Waals surface area (Å²) in [7, 11) is 0. The first-order chi connectivity index (χ1) is 29.9. The van der Waals surface area contributed by atoms with Gasteiger partial charge in [-0.05, 0) is 25.2 Å². The Labute approximate surface area is 380 Å². The lowest BCUT2D eigenvalue weighted by atomic mass is 10.0. The summed E-state index contributed by atoms with van der Waals surface area (Å²) in [5.74, 6) is -0.0329. The Bertz CT molecular complexity index is 918. The van der Waals surface area contributed by atoms with Crippen LogP contribution in [0.15, 0.2) is 0 Å². The van der Waals surface area contributed by atoms with E-state index < -0.39 is 6.10 Å². The number of carbonyl (C=O) groups excluding carboxylic acids is 3. The molecule has 0 aliphatic rings. The normalized spacial score (nSPS) is 12.0. The Kier molecular flexibility index (Phi) is 48.1. The third kappa shape index (κ3) is 49.3. The van der Waals surface area contributed by atoms with Crippen LogP contribution in [0.5, 0.6) is 0 Å². The number of ether oxygens (including phenoxy) is 3. The molecule has 0 spiro atoms. The largest absolute Gasteiger partial charge is 0.462 e. The molecule has 6 heteroatoms. The molecular weight excluding hydrogens is 757 g/mol. The van der Waals surface area contributed by atoms with Crippen LogP contribution in [-0.2, 0) is 28.6 Å². The molecule has 0 amide bonds. The minimum Gasteiger partial charge on any atom is -0.462 e. The van der Waals surface area contributed by atoms with E-state index in [1.807, 2.05) is 0 Å². The van der Waals surface area contributed by atoms with E-state index in [0.29, 0.717) is 19.3 Å². The van der Waals surface area contributed by atoms with Crippen LogP contribution in [0.1, 0.15) is 310 Å². The van der Waals surface area contributed by atoms with E-state index in [0.717, 1.165) is 63.7 Å². The Morgan fingerprint density at radius 1 is 0.311 bits per heavy atom. The van der Waals surface area contributed by atoms with E-state index in [9.17, 15) is 14.4 Å². The molecule has 0 aromatic rings. The number of hydrogen-bond acceptors (Lipinski definition) is 6. The van der Waals surface area contributed by atoms with E-state index in [-0.39, 0.29) is 31.1 Å². The van der Waals surface area contributed by atoms with Crippen molar-refractivity contribution in [3.8, 4) is 0 Å². The van der Waals surface area contributed by atoms with Gasteiger partial charge in [-0.15, -0.1) is 0 Å². The van der Waals surface area contributed by atoms with Crippen LogP contribution in [0, 0.1) is 5.92 Å². The molecule has 0 saturated carbocycles. The van der Waals surface area contributed by atoms with Gasteiger partial charge in [0.25, 0.3) is 0 Å². The first kappa shape index (κ1) is 59.4. The van der Waals surface area contributed by atoms with Crippen LogP contribution in [0.2, 0.25) is 0 Å². The van der Waals surface area contributed by atoms with Crippen molar-refractivity contribution in [2.45, 2.75) is 316 Å². The third-order valence-electron chi connectivity index (χ3n) is 12.5. The van der Waals surface area contributed by atoms with Gasteiger partial charge in [-0.1, -0.05) is 272 Å². The molecule has 0 rings (SSSR count). The summed E-state index contributed by atoms with van der Waals surface area (Å²) in [6, 6.07) is 0. The molecular formula is C55H106O6. The number of hydrogen-bond donors (Lipinski definition) is 0. The highest BCUT2D eigenvalue weighted by Gasteiger charge is 2.19. The zero-order valence-corrected chi connectivity index (χ0v) is 41.6. The van der Waals surface area contributed by atoms with Gasteiger partial charge in [0.05, 0.1) is 0 Å². The average Bonchev–Trinajstić information content (AvgIpc) is 3.24. The molecule has 0 radical (unpaired) electrons. The lowest BCUT2D eigenvalue weighted by molar-refractivity contribution is -0.167. The van der Waals surface area contributed by atoms with Crippen LogP contribution in [0.25, 0.3) is 0 Å². The van der Waals surface area contributed by atoms with Crippen molar-refractivity contribution >= 4 is 17.9 Å². The molecule has 362 valence electrons. The maximum atomic E-state index is 12.8. The molecule has 0 bridgehead atoms. The smallest absolute Gasteiger partial charge is 0.306 e. The molecule has 0 heterocycles. The van der Waals surface area contributed by atoms with Crippen molar-refractivity contribution in [3.05, 3.63) is 0 Å². The minimum absolute atomic E-state index is 0.0626. The van der Waals surface area contributed by atoms with Gasteiger partial charge in [0.1, 0.15) is 13.2 Å². The lowest BCUT2D eigenvalue weighted by Gasteiger charge is -2.18. The van der Waals surface area contributed by atoms with Gasteiger partial charge in [0, 0.05) is 19.3 Å².